The number of hydrogen-bond donors (Lipinski definition) is 2. The van der Waals surface area contributed by atoms with Crippen molar-refractivity contribution in [3.05, 3.63) is 90.0 Å². The van der Waals surface area contributed by atoms with Crippen LogP contribution >= 0.6 is 0 Å². The molecule has 0 radical (unpaired) electrons. The van der Waals surface area contributed by atoms with Crippen molar-refractivity contribution in [3.8, 4) is 0 Å². The molecular formula is C20H15F3N2O3S. The smallest absolute Gasteiger partial charge is 0.322 e. The Morgan fingerprint density at radius 2 is 1.41 bits per heavy atom. The Bertz CT molecular complexity index is 1110. The van der Waals surface area contributed by atoms with E-state index < -0.39 is 27.7 Å². The maximum Gasteiger partial charge on any atom is 0.416 e. The zero-order valence-corrected chi connectivity index (χ0v) is 15.6. The number of para-hydroxylation sites is 1. The lowest BCUT2D eigenvalue weighted by atomic mass is 10.2. The predicted octanol–water partition coefficient (Wildman–Crippen LogP) is 4.76. The van der Waals surface area contributed by atoms with E-state index in [1.807, 2.05) is 0 Å². The third-order valence-corrected chi connectivity index (χ3v) is 5.30. The van der Waals surface area contributed by atoms with Crippen molar-refractivity contribution in [1.29, 1.82) is 0 Å². The highest BCUT2D eigenvalue weighted by Crippen LogP contribution is 2.31. The topological polar surface area (TPSA) is 75.3 Å². The van der Waals surface area contributed by atoms with Gasteiger partial charge in [-0.15, -0.1) is 0 Å². The lowest BCUT2D eigenvalue weighted by molar-refractivity contribution is -0.137. The lowest BCUT2D eigenvalue weighted by Gasteiger charge is -2.11. The number of hydrogen-bond acceptors (Lipinski definition) is 3. The Balaban J connectivity index is 1.76. The molecule has 0 fully saturated rings. The number of benzene rings is 3. The maximum absolute atomic E-state index is 12.8. The molecule has 150 valence electrons. The second-order valence-electron chi connectivity index (χ2n) is 6.03. The Kier molecular flexibility index (Phi) is 5.60. The summed E-state index contributed by atoms with van der Waals surface area (Å²) >= 11 is 0. The van der Waals surface area contributed by atoms with Gasteiger partial charge >= 0.3 is 6.18 Å². The fraction of sp³-hybridized carbons (Fsp3) is 0.0500. The first-order valence-corrected chi connectivity index (χ1v) is 9.80. The molecule has 29 heavy (non-hydrogen) atoms. The van der Waals surface area contributed by atoms with Crippen molar-refractivity contribution >= 4 is 27.3 Å². The summed E-state index contributed by atoms with van der Waals surface area (Å²) in [5, 5.41) is 2.67. The van der Waals surface area contributed by atoms with Gasteiger partial charge in [0.05, 0.1) is 10.5 Å². The lowest BCUT2D eigenvalue weighted by Crippen LogP contribution is -2.15. The van der Waals surface area contributed by atoms with Gasteiger partial charge < -0.3 is 5.32 Å². The molecule has 9 heteroatoms. The van der Waals surface area contributed by atoms with Crippen LogP contribution in [0.25, 0.3) is 0 Å². The Morgan fingerprint density at radius 1 is 0.793 bits per heavy atom. The molecule has 0 spiro atoms. The van der Waals surface area contributed by atoms with Gasteiger partial charge in [-0.05, 0) is 54.6 Å². The highest BCUT2D eigenvalue weighted by molar-refractivity contribution is 7.92. The highest BCUT2D eigenvalue weighted by Gasteiger charge is 2.30. The van der Waals surface area contributed by atoms with Crippen LogP contribution in [0.4, 0.5) is 24.5 Å². The normalized spacial score (nSPS) is 11.7. The molecule has 0 aromatic heterocycles. The van der Waals surface area contributed by atoms with Crippen molar-refractivity contribution in [1.82, 2.24) is 0 Å². The summed E-state index contributed by atoms with van der Waals surface area (Å²) in [7, 11) is -4.13. The number of carbonyl (C=O) groups is 1. The molecule has 2 N–H and O–H groups in total. The van der Waals surface area contributed by atoms with E-state index in [2.05, 4.69) is 10.0 Å². The zero-order chi connectivity index (χ0) is 21.1. The third kappa shape index (κ3) is 5.14. The minimum Gasteiger partial charge on any atom is -0.322 e. The molecule has 0 saturated heterocycles. The standard InChI is InChI=1S/C20H15F3N2O3S/c21-20(22,23)15-5-4-8-17(13-15)25-29(27,28)18-11-9-14(10-12-18)19(26)24-16-6-2-1-3-7-16/h1-13,25H,(H,24,26). The molecule has 0 atom stereocenters. The SMILES string of the molecule is O=C(Nc1ccccc1)c1ccc(S(=O)(=O)Nc2cccc(C(F)(F)F)c2)cc1. The minimum absolute atomic E-state index is 0.189. The first kappa shape index (κ1) is 20.4. The van der Waals surface area contributed by atoms with Crippen molar-refractivity contribution in [2.75, 3.05) is 10.0 Å². The first-order valence-electron chi connectivity index (χ1n) is 8.32. The van der Waals surface area contributed by atoms with E-state index in [1.165, 1.54) is 30.3 Å². The van der Waals surface area contributed by atoms with Crippen LogP contribution in [0, 0.1) is 0 Å². The summed E-state index contributed by atoms with van der Waals surface area (Å²) in [6, 6.07) is 17.6. The summed E-state index contributed by atoms with van der Waals surface area (Å²) in [6.45, 7) is 0. The number of amides is 1. The highest BCUT2D eigenvalue weighted by atomic mass is 32.2. The number of sulfonamides is 1. The quantitative estimate of drug-likeness (QED) is 0.625. The van der Waals surface area contributed by atoms with Gasteiger partial charge in [-0.2, -0.15) is 13.2 Å². The van der Waals surface area contributed by atoms with Crippen LogP contribution in [-0.2, 0) is 16.2 Å². The fourth-order valence-corrected chi connectivity index (χ4v) is 3.53. The van der Waals surface area contributed by atoms with Gasteiger partial charge in [-0.3, -0.25) is 9.52 Å². The first-order chi connectivity index (χ1) is 13.6. The van der Waals surface area contributed by atoms with E-state index in [0.29, 0.717) is 11.8 Å². The zero-order valence-electron chi connectivity index (χ0n) is 14.8. The van der Waals surface area contributed by atoms with E-state index in [4.69, 9.17) is 0 Å². The largest absolute Gasteiger partial charge is 0.416 e. The molecule has 0 aliphatic rings. The van der Waals surface area contributed by atoms with Gasteiger partial charge in [-0.1, -0.05) is 24.3 Å². The Labute approximate surface area is 165 Å². The van der Waals surface area contributed by atoms with Gasteiger partial charge in [0.2, 0.25) is 0 Å². The average molecular weight is 420 g/mol. The van der Waals surface area contributed by atoms with Crippen molar-refractivity contribution in [3.63, 3.8) is 0 Å². The van der Waals surface area contributed by atoms with E-state index in [0.717, 1.165) is 12.1 Å². The van der Waals surface area contributed by atoms with Crippen LogP contribution in [0.3, 0.4) is 0 Å². The van der Waals surface area contributed by atoms with Crippen LogP contribution < -0.4 is 10.0 Å². The average Bonchev–Trinajstić information content (AvgIpc) is 2.68. The summed E-state index contributed by atoms with van der Waals surface area (Å²) in [5.41, 5.74) is -0.372. The van der Waals surface area contributed by atoms with Crippen LogP contribution in [-0.4, -0.2) is 14.3 Å². The van der Waals surface area contributed by atoms with Crippen molar-refractivity contribution in [2.24, 2.45) is 0 Å². The minimum atomic E-state index is -4.59. The van der Waals surface area contributed by atoms with Gasteiger partial charge in [0.25, 0.3) is 15.9 Å². The maximum atomic E-state index is 12.8. The Morgan fingerprint density at radius 3 is 2.03 bits per heavy atom. The van der Waals surface area contributed by atoms with Gasteiger partial charge in [0, 0.05) is 16.9 Å². The summed E-state index contributed by atoms with van der Waals surface area (Å²) in [6.07, 6.45) is -4.59. The molecule has 3 rings (SSSR count). The summed E-state index contributed by atoms with van der Waals surface area (Å²) in [4.78, 5) is 12.0. The molecule has 0 aliphatic carbocycles. The van der Waals surface area contributed by atoms with Crippen LogP contribution in [0.1, 0.15) is 15.9 Å². The van der Waals surface area contributed by atoms with Crippen molar-refractivity contribution < 1.29 is 26.4 Å². The molecule has 0 saturated carbocycles. The number of nitrogens with one attached hydrogen (secondary N) is 2. The van der Waals surface area contributed by atoms with Crippen LogP contribution in [0.15, 0.2) is 83.8 Å². The molecule has 0 aliphatic heterocycles. The molecule has 1 amide bonds. The third-order valence-electron chi connectivity index (χ3n) is 3.90. The predicted molar refractivity (Wildman–Crippen MR) is 103 cm³/mol. The second-order valence-corrected chi connectivity index (χ2v) is 7.71. The number of rotatable bonds is 5. The molecule has 0 unspecified atom stereocenters. The number of anilines is 2. The van der Waals surface area contributed by atoms with Gasteiger partial charge in [0.1, 0.15) is 0 Å². The van der Waals surface area contributed by atoms with Gasteiger partial charge in [-0.25, -0.2) is 8.42 Å². The summed E-state index contributed by atoms with van der Waals surface area (Å²) < 4.78 is 65.3. The molecule has 0 heterocycles. The van der Waals surface area contributed by atoms with Crippen LogP contribution in [0.2, 0.25) is 0 Å². The number of carbonyl (C=O) groups excluding carboxylic acids is 1. The molecular weight excluding hydrogens is 405 g/mol. The van der Waals surface area contributed by atoms with E-state index in [1.54, 1.807) is 30.3 Å². The second kappa shape index (κ2) is 7.96. The van der Waals surface area contributed by atoms with E-state index in [9.17, 15) is 26.4 Å². The number of alkyl halides is 3. The molecule has 0 bridgehead atoms. The fourth-order valence-electron chi connectivity index (χ4n) is 2.48. The molecule has 3 aromatic carbocycles. The van der Waals surface area contributed by atoms with Crippen molar-refractivity contribution in [2.45, 2.75) is 11.1 Å². The van der Waals surface area contributed by atoms with Gasteiger partial charge in [0.15, 0.2) is 0 Å². The molecule has 5 nitrogen and oxygen atoms in total. The summed E-state index contributed by atoms with van der Waals surface area (Å²) in [5.74, 6) is -0.425. The monoisotopic (exact) mass is 420 g/mol. The molecule has 3 aromatic rings. The Hall–Kier alpha value is -3.33. The van der Waals surface area contributed by atoms with E-state index in [-0.39, 0.29) is 16.1 Å². The van der Waals surface area contributed by atoms with Crippen LogP contribution in [0.5, 0.6) is 0 Å². The van der Waals surface area contributed by atoms with E-state index >= 15 is 0 Å². The number of halogens is 3.